The van der Waals surface area contributed by atoms with Crippen LogP contribution >= 0.6 is 0 Å². The molecule has 0 spiro atoms. The van der Waals surface area contributed by atoms with Crippen molar-refractivity contribution in [2.45, 2.75) is 45.8 Å². The van der Waals surface area contributed by atoms with Crippen molar-refractivity contribution in [3.63, 3.8) is 0 Å². The molecule has 114 valence electrons. The Bertz CT molecular complexity index is 541. The monoisotopic (exact) mass is 294 g/mol. The van der Waals surface area contributed by atoms with Crippen molar-refractivity contribution in [1.82, 2.24) is 0 Å². The topological polar surface area (TPSA) is 44.8 Å². The summed E-state index contributed by atoms with van der Waals surface area (Å²) in [7, 11) is -0.786. The minimum absolute atomic E-state index is 0.176. The third-order valence-electron chi connectivity index (χ3n) is 4.02. The smallest absolute Gasteiger partial charge is 0.462 e. The number of carbonyl (C=O) groups excluding carboxylic acids is 1. The number of esters is 1. The van der Waals surface area contributed by atoms with E-state index in [4.69, 9.17) is 14.0 Å². The fourth-order valence-corrected chi connectivity index (χ4v) is 2.03. The first-order valence-corrected chi connectivity index (χ1v) is 7.00. The zero-order chi connectivity index (χ0) is 15.8. The first-order valence-electron chi connectivity index (χ1n) is 7.00. The number of benzene rings is 1. The minimum Gasteiger partial charge on any atom is -0.462 e. The zero-order valence-corrected chi connectivity index (χ0v) is 13.0. The van der Waals surface area contributed by atoms with Crippen LogP contribution in [0.15, 0.2) is 18.2 Å². The van der Waals surface area contributed by atoms with Crippen LogP contribution in [0.1, 0.15) is 45.0 Å². The maximum atomic E-state index is 14.2. The Labute approximate surface area is 124 Å². The van der Waals surface area contributed by atoms with Crippen molar-refractivity contribution in [2.24, 2.45) is 0 Å². The van der Waals surface area contributed by atoms with Gasteiger partial charge in [-0.05, 0) is 46.8 Å². The number of hydrogen-bond acceptors (Lipinski definition) is 4. The van der Waals surface area contributed by atoms with Gasteiger partial charge >= 0.3 is 13.1 Å². The van der Waals surface area contributed by atoms with Gasteiger partial charge in [0, 0.05) is 5.46 Å². The van der Waals surface area contributed by atoms with Crippen LogP contribution in [-0.2, 0) is 14.0 Å². The van der Waals surface area contributed by atoms with Crippen LogP contribution in [0.5, 0.6) is 0 Å². The van der Waals surface area contributed by atoms with Gasteiger partial charge in [-0.3, -0.25) is 0 Å². The Morgan fingerprint density at radius 2 is 1.81 bits per heavy atom. The lowest BCUT2D eigenvalue weighted by Gasteiger charge is -2.32. The molecule has 1 heterocycles. The van der Waals surface area contributed by atoms with E-state index in [0.29, 0.717) is 0 Å². The maximum Gasteiger partial charge on any atom is 0.497 e. The molecular weight excluding hydrogens is 274 g/mol. The zero-order valence-electron chi connectivity index (χ0n) is 13.0. The average Bonchev–Trinajstić information content (AvgIpc) is 2.58. The van der Waals surface area contributed by atoms with Gasteiger partial charge in [-0.1, -0.05) is 6.07 Å². The van der Waals surface area contributed by atoms with E-state index in [1.807, 2.05) is 27.7 Å². The van der Waals surface area contributed by atoms with Crippen LogP contribution in [0, 0.1) is 5.82 Å². The average molecular weight is 294 g/mol. The van der Waals surface area contributed by atoms with E-state index >= 15 is 0 Å². The van der Waals surface area contributed by atoms with E-state index in [9.17, 15) is 9.18 Å². The molecular formula is C15H20BFO4. The van der Waals surface area contributed by atoms with Crippen LogP contribution < -0.4 is 5.46 Å². The summed E-state index contributed by atoms with van der Waals surface area (Å²) in [4.78, 5) is 11.6. The van der Waals surface area contributed by atoms with Crippen LogP contribution in [0.3, 0.4) is 0 Å². The predicted octanol–water partition coefficient (Wildman–Crippen LogP) is 2.30. The quantitative estimate of drug-likeness (QED) is 0.634. The SMILES string of the molecule is CCOC(=O)c1ccc(B2OC(C)(C)C(C)(C)O2)c(F)c1. The molecule has 1 aliphatic rings. The lowest BCUT2D eigenvalue weighted by atomic mass is 9.78. The number of rotatable bonds is 3. The lowest BCUT2D eigenvalue weighted by molar-refractivity contribution is 0.00578. The Morgan fingerprint density at radius 1 is 1.24 bits per heavy atom. The second-order valence-electron chi connectivity index (χ2n) is 6.05. The van der Waals surface area contributed by atoms with Gasteiger partial charge in [0.1, 0.15) is 5.82 Å². The first-order chi connectivity index (χ1) is 9.68. The predicted molar refractivity (Wildman–Crippen MR) is 78.1 cm³/mol. The van der Waals surface area contributed by atoms with Crippen molar-refractivity contribution < 1.29 is 23.2 Å². The molecule has 0 aromatic heterocycles. The van der Waals surface area contributed by atoms with Gasteiger partial charge in [0.2, 0.25) is 0 Å². The summed E-state index contributed by atoms with van der Waals surface area (Å²) in [5.74, 6) is -1.09. The standard InChI is InChI=1S/C15H20BFO4/c1-6-19-13(18)10-7-8-11(12(17)9-10)16-20-14(2,3)15(4,5)21-16/h7-9H,6H2,1-5H3. The molecule has 1 fully saturated rings. The molecule has 6 heteroatoms. The van der Waals surface area contributed by atoms with Crippen molar-refractivity contribution in [1.29, 1.82) is 0 Å². The van der Waals surface area contributed by atoms with E-state index in [2.05, 4.69) is 0 Å². The van der Waals surface area contributed by atoms with Crippen LogP contribution in [-0.4, -0.2) is 30.9 Å². The van der Waals surface area contributed by atoms with Crippen molar-refractivity contribution in [3.8, 4) is 0 Å². The van der Waals surface area contributed by atoms with E-state index < -0.39 is 30.1 Å². The molecule has 0 saturated carbocycles. The van der Waals surface area contributed by atoms with Gasteiger partial charge in [-0.25, -0.2) is 9.18 Å². The molecule has 2 rings (SSSR count). The summed E-state index contributed by atoms with van der Waals surface area (Å²) in [5.41, 5.74) is -0.621. The summed E-state index contributed by atoms with van der Waals surface area (Å²) >= 11 is 0. The molecule has 1 saturated heterocycles. The molecule has 1 aromatic rings. The number of ether oxygens (including phenoxy) is 1. The van der Waals surface area contributed by atoms with E-state index in [1.165, 1.54) is 12.1 Å². The second kappa shape index (κ2) is 5.42. The van der Waals surface area contributed by atoms with E-state index in [1.54, 1.807) is 6.92 Å². The summed E-state index contributed by atoms with van der Waals surface area (Å²) in [6.07, 6.45) is 0. The molecule has 4 nitrogen and oxygen atoms in total. The van der Waals surface area contributed by atoms with Crippen molar-refractivity contribution in [3.05, 3.63) is 29.6 Å². The lowest BCUT2D eigenvalue weighted by Crippen LogP contribution is -2.41. The molecule has 1 aromatic carbocycles. The van der Waals surface area contributed by atoms with Crippen LogP contribution in [0.4, 0.5) is 4.39 Å². The van der Waals surface area contributed by atoms with Gasteiger partial charge in [-0.15, -0.1) is 0 Å². The first kappa shape index (κ1) is 16.0. The van der Waals surface area contributed by atoms with Crippen molar-refractivity contribution >= 4 is 18.6 Å². The third kappa shape index (κ3) is 2.96. The second-order valence-corrected chi connectivity index (χ2v) is 6.05. The Balaban J connectivity index is 2.25. The largest absolute Gasteiger partial charge is 0.497 e. The van der Waals surface area contributed by atoms with Crippen molar-refractivity contribution in [2.75, 3.05) is 6.61 Å². The molecule has 0 bridgehead atoms. The van der Waals surface area contributed by atoms with Gasteiger partial charge < -0.3 is 14.0 Å². The Morgan fingerprint density at radius 3 is 2.29 bits per heavy atom. The third-order valence-corrected chi connectivity index (χ3v) is 4.02. The number of halogens is 1. The van der Waals surface area contributed by atoms with Crippen LogP contribution in [0.25, 0.3) is 0 Å². The highest BCUT2D eigenvalue weighted by Crippen LogP contribution is 2.36. The Hall–Kier alpha value is -1.40. The minimum atomic E-state index is -0.786. The summed E-state index contributed by atoms with van der Waals surface area (Å²) in [5, 5.41) is 0. The van der Waals surface area contributed by atoms with Crippen LogP contribution in [0.2, 0.25) is 0 Å². The fourth-order valence-electron chi connectivity index (χ4n) is 2.03. The normalized spacial score (nSPS) is 19.6. The summed E-state index contributed by atoms with van der Waals surface area (Å²) < 4.78 is 30.7. The summed E-state index contributed by atoms with van der Waals surface area (Å²) in [6.45, 7) is 9.55. The molecule has 0 atom stereocenters. The maximum absolute atomic E-state index is 14.2. The van der Waals surface area contributed by atoms with Gasteiger partial charge in [0.25, 0.3) is 0 Å². The highest BCUT2D eigenvalue weighted by atomic mass is 19.1. The molecule has 0 aliphatic carbocycles. The van der Waals surface area contributed by atoms with Gasteiger partial charge in [-0.2, -0.15) is 0 Å². The number of hydrogen-bond donors (Lipinski definition) is 0. The Kier molecular flexibility index (Phi) is 4.13. The highest BCUT2D eigenvalue weighted by molar-refractivity contribution is 6.62. The highest BCUT2D eigenvalue weighted by Gasteiger charge is 2.52. The molecule has 0 radical (unpaired) electrons. The molecule has 1 aliphatic heterocycles. The van der Waals surface area contributed by atoms with E-state index in [-0.39, 0.29) is 17.6 Å². The fraction of sp³-hybridized carbons (Fsp3) is 0.533. The molecule has 0 amide bonds. The molecule has 21 heavy (non-hydrogen) atoms. The molecule has 0 unspecified atom stereocenters. The molecule has 0 N–H and O–H groups in total. The summed E-state index contributed by atoms with van der Waals surface area (Å²) in [6, 6.07) is 4.17. The number of carbonyl (C=O) groups is 1. The van der Waals surface area contributed by atoms with E-state index in [0.717, 1.165) is 6.07 Å². The van der Waals surface area contributed by atoms with Gasteiger partial charge in [0.15, 0.2) is 0 Å². The van der Waals surface area contributed by atoms with Gasteiger partial charge in [0.05, 0.1) is 23.4 Å².